The zero-order chi connectivity index (χ0) is 17.5. The Balaban J connectivity index is 1.80. The number of hydrogen-bond donors (Lipinski definition) is 2. The molecule has 0 aliphatic heterocycles. The summed E-state index contributed by atoms with van der Waals surface area (Å²) in [5, 5.41) is 5.43. The Morgan fingerprint density at radius 1 is 1.08 bits per heavy atom. The predicted molar refractivity (Wildman–Crippen MR) is 97.0 cm³/mol. The second-order valence-corrected chi connectivity index (χ2v) is 6.17. The third kappa shape index (κ3) is 5.38. The maximum absolute atomic E-state index is 11.9. The van der Waals surface area contributed by atoms with Crippen LogP contribution in [0, 0.1) is 6.92 Å². The van der Waals surface area contributed by atoms with E-state index in [1.807, 2.05) is 43.3 Å². The lowest BCUT2D eigenvalue weighted by Gasteiger charge is -2.08. The summed E-state index contributed by atoms with van der Waals surface area (Å²) in [6.07, 6.45) is -0.221. The highest BCUT2D eigenvalue weighted by molar-refractivity contribution is 9.10. The number of carbonyl (C=O) groups excluding carboxylic acids is 2. The van der Waals surface area contributed by atoms with E-state index in [1.165, 1.54) is 0 Å². The van der Waals surface area contributed by atoms with Gasteiger partial charge in [0.1, 0.15) is 12.2 Å². The maximum atomic E-state index is 11.9. The monoisotopic (exact) mass is 390 g/mol. The Hall–Kier alpha value is -2.34. The fraction of sp³-hybridized carbons (Fsp3) is 0.222. The van der Waals surface area contributed by atoms with Gasteiger partial charge in [-0.3, -0.25) is 9.59 Å². The standard InChI is InChI=1S/C18H19BrN2O3/c1-12-3-6-14(9-16(12)19)21-18(23)10-17(22)20-11-13-4-7-15(24-2)8-5-13/h3-9H,10-11H2,1-2H3,(H,20,22)(H,21,23). The van der Waals surface area contributed by atoms with Crippen LogP contribution in [0.2, 0.25) is 0 Å². The summed E-state index contributed by atoms with van der Waals surface area (Å²) in [6, 6.07) is 12.9. The fourth-order valence-electron chi connectivity index (χ4n) is 2.03. The number of rotatable bonds is 6. The number of aryl methyl sites for hydroxylation is 1. The molecule has 0 bridgehead atoms. The van der Waals surface area contributed by atoms with Crippen molar-refractivity contribution in [2.75, 3.05) is 12.4 Å². The molecule has 0 radical (unpaired) electrons. The van der Waals surface area contributed by atoms with Crippen LogP contribution in [0.1, 0.15) is 17.5 Å². The highest BCUT2D eigenvalue weighted by Gasteiger charge is 2.10. The van der Waals surface area contributed by atoms with Gasteiger partial charge in [-0.05, 0) is 42.3 Å². The lowest BCUT2D eigenvalue weighted by atomic mass is 10.2. The van der Waals surface area contributed by atoms with Crippen LogP contribution >= 0.6 is 15.9 Å². The summed E-state index contributed by atoms with van der Waals surface area (Å²) in [6.45, 7) is 2.33. The van der Waals surface area contributed by atoms with Crippen LogP contribution in [0.15, 0.2) is 46.9 Å². The van der Waals surface area contributed by atoms with Gasteiger partial charge in [0.05, 0.1) is 7.11 Å². The van der Waals surface area contributed by atoms with Gasteiger partial charge in [-0.15, -0.1) is 0 Å². The van der Waals surface area contributed by atoms with E-state index in [0.29, 0.717) is 12.2 Å². The van der Waals surface area contributed by atoms with Crippen LogP contribution in [-0.4, -0.2) is 18.9 Å². The van der Waals surface area contributed by atoms with Gasteiger partial charge < -0.3 is 15.4 Å². The third-order valence-corrected chi connectivity index (χ3v) is 4.28. The molecule has 0 fully saturated rings. The van der Waals surface area contributed by atoms with Gasteiger partial charge in [-0.2, -0.15) is 0 Å². The molecule has 0 saturated carbocycles. The minimum absolute atomic E-state index is 0.221. The Kier molecular flexibility index (Phi) is 6.37. The molecule has 2 amide bonds. The van der Waals surface area contributed by atoms with Crippen LogP contribution in [0.5, 0.6) is 5.75 Å². The Morgan fingerprint density at radius 2 is 1.79 bits per heavy atom. The topological polar surface area (TPSA) is 67.4 Å². The van der Waals surface area contributed by atoms with E-state index >= 15 is 0 Å². The van der Waals surface area contributed by atoms with Crippen molar-refractivity contribution in [2.24, 2.45) is 0 Å². The number of amides is 2. The Bertz CT molecular complexity index is 730. The number of carbonyl (C=O) groups is 2. The summed E-state index contributed by atoms with van der Waals surface area (Å²) < 4.78 is 5.98. The molecular formula is C18H19BrN2O3. The average Bonchev–Trinajstić information content (AvgIpc) is 2.56. The van der Waals surface area contributed by atoms with E-state index in [2.05, 4.69) is 26.6 Å². The molecule has 5 nitrogen and oxygen atoms in total. The highest BCUT2D eigenvalue weighted by atomic mass is 79.9. The van der Waals surface area contributed by atoms with Crippen molar-refractivity contribution in [2.45, 2.75) is 19.9 Å². The lowest BCUT2D eigenvalue weighted by molar-refractivity contribution is -0.126. The van der Waals surface area contributed by atoms with Crippen LogP contribution in [-0.2, 0) is 16.1 Å². The normalized spacial score (nSPS) is 10.1. The molecule has 0 atom stereocenters. The molecular weight excluding hydrogens is 372 g/mol. The van der Waals surface area contributed by atoms with Gasteiger partial charge in [0.2, 0.25) is 11.8 Å². The zero-order valence-electron chi connectivity index (χ0n) is 13.6. The van der Waals surface area contributed by atoms with E-state index in [9.17, 15) is 9.59 Å². The number of hydrogen-bond acceptors (Lipinski definition) is 3. The van der Waals surface area contributed by atoms with Crippen LogP contribution in [0.3, 0.4) is 0 Å². The molecule has 2 aromatic rings. The van der Waals surface area contributed by atoms with Gasteiger partial charge >= 0.3 is 0 Å². The first-order valence-corrected chi connectivity index (χ1v) is 8.23. The average molecular weight is 391 g/mol. The Morgan fingerprint density at radius 3 is 2.42 bits per heavy atom. The highest BCUT2D eigenvalue weighted by Crippen LogP contribution is 2.20. The fourth-order valence-corrected chi connectivity index (χ4v) is 2.41. The van der Waals surface area contributed by atoms with E-state index in [0.717, 1.165) is 21.3 Å². The smallest absolute Gasteiger partial charge is 0.233 e. The van der Waals surface area contributed by atoms with Crippen LogP contribution in [0.4, 0.5) is 5.69 Å². The number of halogens is 1. The van der Waals surface area contributed by atoms with Crippen LogP contribution < -0.4 is 15.4 Å². The number of methoxy groups -OCH3 is 1. The quantitative estimate of drug-likeness (QED) is 0.742. The number of anilines is 1. The first-order chi connectivity index (χ1) is 11.5. The van der Waals surface area contributed by atoms with Crippen molar-refractivity contribution in [1.82, 2.24) is 5.32 Å². The van der Waals surface area contributed by atoms with Gasteiger partial charge in [0, 0.05) is 16.7 Å². The van der Waals surface area contributed by atoms with Crippen molar-refractivity contribution >= 4 is 33.4 Å². The van der Waals surface area contributed by atoms with Crippen molar-refractivity contribution < 1.29 is 14.3 Å². The lowest BCUT2D eigenvalue weighted by Crippen LogP contribution is -2.27. The second-order valence-electron chi connectivity index (χ2n) is 5.31. The molecule has 126 valence electrons. The molecule has 0 spiro atoms. The number of ether oxygens (including phenoxy) is 1. The van der Waals surface area contributed by atoms with Gasteiger partial charge in [-0.1, -0.05) is 34.1 Å². The molecule has 0 saturated heterocycles. The minimum atomic E-state index is -0.349. The first-order valence-electron chi connectivity index (χ1n) is 7.43. The van der Waals surface area contributed by atoms with Crippen molar-refractivity contribution in [1.29, 1.82) is 0 Å². The molecule has 0 unspecified atom stereocenters. The summed E-state index contributed by atoms with van der Waals surface area (Å²) >= 11 is 3.41. The molecule has 0 aromatic heterocycles. The largest absolute Gasteiger partial charge is 0.497 e. The van der Waals surface area contributed by atoms with Gasteiger partial charge in [0.25, 0.3) is 0 Å². The van der Waals surface area contributed by atoms with Gasteiger partial charge in [-0.25, -0.2) is 0 Å². The molecule has 6 heteroatoms. The molecule has 2 rings (SSSR count). The predicted octanol–water partition coefficient (Wildman–Crippen LogP) is 3.41. The third-order valence-electron chi connectivity index (χ3n) is 3.43. The minimum Gasteiger partial charge on any atom is -0.497 e. The SMILES string of the molecule is COc1ccc(CNC(=O)CC(=O)Nc2ccc(C)c(Br)c2)cc1. The van der Waals surface area contributed by atoms with Crippen LogP contribution in [0.25, 0.3) is 0 Å². The Labute approximate surface area is 149 Å². The second kappa shape index (κ2) is 8.49. The van der Waals surface area contributed by atoms with Crippen molar-refractivity contribution in [3.8, 4) is 5.75 Å². The van der Waals surface area contributed by atoms with E-state index < -0.39 is 0 Å². The molecule has 2 aromatic carbocycles. The summed E-state index contributed by atoms with van der Waals surface area (Å²) in [7, 11) is 1.60. The molecule has 2 N–H and O–H groups in total. The summed E-state index contributed by atoms with van der Waals surface area (Å²) in [5.41, 5.74) is 2.66. The molecule has 0 heterocycles. The first kappa shape index (κ1) is 18.0. The molecule has 0 aliphatic carbocycles. The summed E-state index contributed by atoms with van der Waals surface area (Å²) in [4.78, 5) is 23.8. The maximum Gasteiger partial charge on any atom is 0.233 e. The van der Waals surface area contributed by atoms with Crippen molar-refractivity contribution in [3.05, 3.63) is 58.1 Å². The van der Waals surface area contributed by atoms with E-state index in [1.54, 1.807) is 13.2 Å². The zero-order valence-corrected chi connectivity index (χ0v) is 15.1. The molecule has 24 heavy (non-hydrogen) atoms. The number of nitrogens with one attached hydrogen (secondary N) is 2. The van der Waals surface area contributed by atoms with Gasteiger partial charge in [0.15, 0.2) is 0 Å². The molecule has 0 aliphatic rings. The van der Waals surface area contributed by atoms with E-state index in [-0.39, 0.29) is 18.2 Å². The number of benzene rings is 2. The van der Waals surface area contributed by atoms with Crippen molar-refractivity contribution in [3.63, 3.8) is 0 Å². The van der Waals surface area contributed by atoms with E-state index in [4.69, 9.17) is 4.74 Å². The summed E-state index contributed by atoms with van der Waals surface area (Å²) in [5.74, 6) is 0.0844.